The highest BCUT2D eigenvalue weighted by molar-refractivity contribution is 5.23. The molecule has 20 heavy (non-hydrogen) atoms. The van der Waals surface area contributed by atoms with Gasteiger partial charge in [-0.1, -0.05) is 42.5 Å². The van der Waals surface area contributed by atoms with E-state index in [2.05, 4.69) is 24.4 Å². The van der Waals surface area contributed by atoms with Crippen LogP contribution in [0.25, 0.3) is 0 Å². The number of rotatable bonds is 2. The first kappa shape index (κ1) is 13.3. The molecule has 3 atom stereocenters. The molecule has 0 radical (unpaired) electrons. The van der Waals surface area contributed by atoms with E-state index in [1.807, 2.05) is 24.3 Å². The lowest BCUT2D eigenvalue weighted by atomic mass is 9.99. The maximum absolute atomic E-state index is 13.4. The lowest BCUT2D eigenvalue weighted by molar-refractivity contribution is -0.0633. The highest BCUT2D eigenvalue weighted by Gasteiger charge is 2.30. The maximum atomic E-state index is 13.4. The van der Waals surface area contributed by atoms with Gasteiger partial charge in [-0.25, -0.2) is 4.39 Å². The van der Waals surface area contributed by atoms with Crippen molar-refractivity contribution < 1.29 is 9.13 Å². The van der Waals surface area contributed by atoms with E-state index in [1.165, 1.54) is 6.07 Å². The predicted molar refractivity (Wildman–Crippen MR) is 76.9 cm³/mol. The van der Waals surface area contributed by atoms with E-state index >= 15 is 0 Å². The summed E-state index contributed by atoms with van der Waals surface area (Å²) in [6.45, 7) is 2.84. The maximum Gasteiger partial charge on any atom is 0.123 e. The van der Waals surface area contributed by atoms with Crippen LogP contribution in [0.1, 0.15) is 30.3 Å². The Hall–Kier alpha value is -1.71. The largest absolute Gasteiger partial charge is 0.363 e. The van der Waals surface area contributed by atoms with Crippen LogP contribution in [0.15, 0.2) is 54.6 Å². The van der Waals surface area contributed by atoms with E-state index in [4.69, 9.17) is 4.74 Å². The van der Waals surface area contributed by atoms with E-state index in [0.29, 0.717) is 0 Å². The number of benzene rings is 2. The van der Waals surface area contributed by atoms with Gasteiger partial charge in [-0.3, -0.25) is 0 Å². The minimum Gasteiger partial charge on any atom is -0.363 e. The highest BCUT2D eigenvalue weighted by atomic mass is 19.1. The fourth-order valence-corrected chi connectivity index (χ4v) is 2.66. The highest BCUT2D eigenvalue weighted by Crippen LogP contribution is 2.32. The lowest BCUT2D eigenvalue weighted by Gasteiger charge is -2.36. The van der Waals surface area contributed by atoms with E-state index in [9.17, 15) is 4.39 Å². The molecule has 3 rings (SSSR count). The van der Waals surface area contributed by atoms with E-state index in [-0.39, 0.29) is 24.1 Å². The first-order chi connectivity index (χ1) is 9.74. The molecular formula is C17H18FNO. The SMILES string of the molecule is CC1NCC(c2ccccc2)OC1c1cccc(F)c1. The van der Waals surface area contributed by atoms with Gasteiger partial charge in [0, 0.05) is 12.6 Å². The third-order valence-corrected chi connectivity index (χ3v) is 3.74. The van der Waals surface area contributed by atoms with E-state index in [0.717, 1.165) is 17.7 Å². The van der Waals surface area contributed by atoms with Crippen LogP contribution in [0.2, 0.25) is 0 Å². The Balaban J connectivity index is 1.84. The standard InChI is InChI=1S/C17H18FNO/c1-12-17(14-8-5-9-15(18)10-14)20-16(11-19-12)13-6-3-2-4-7-13/h2-10,12,16-17,19H,11H2,1H3. The van der Waals surface area contributed by atoms with Gasteiger partial charge in [0.05, 0.1) is 12.2 Å². The second-order valence-electron chi connectivity index (χ2n) is 5.21. The number of hydrogen-bond donors (Lipinski definition) is 1. The van der Waals surface area contributed by atoms with Crippen molar-refractivity contribution in [1.29, 1.82) is 0 Å². The molecule has 1 aliphatic rings. The first-order valence-corrected chi connectivity index (χ1v) is 6.93. The third-order valence-electron chi connectivity index (χ3n) is 3.74. The number of halogens is 1. The van der Waals surface area contributed by atoms with Crippen molar-refractivity contribution in [3.8, 4) is 0 Å². The lowest BCUT2D eigenvalue weighted by Crippen LogP contribution is -2.43. The Kier molecular flexibility index (Phi) is 3.81. The molecule has 0 saturated carbocycles. The number of ether oxygens (including phenoxy) is 1. The minimum atomic E-state index is -0.222. The molecule has 3 heteroatoms. The summed E-state index contributed by atoms with van der Waals surface area (Å²) in [5.41, 5.74) is 2.03. The van der Waals surface area contributed by atoms with Crippen LogP contribution >= 0.6 is 0 Å². The van der Waals surface area contributed by atoms with Crippen LogP contribution in [0, 0.1) is 5.82 Å². The molecule has 0 bridgehead atoms. The minimum absolute atomic E-state index is 0.000618. The van der Waals surface area contributed by atoms with E-state index in [1.54, 1.807) is 12.1 Å². The summed E-state index contributed by atoms with van der Waals surface area (Å²) in [7, 11) is 0. The summed E-state index contributed by atoms with van der Waals surface area (Å²) < 4.78 is 19.6. The second kappa shape index (κ2) is 5.73. The van der Waals surface area contributed by atoms with Gasteiger partial charge in [0.15, 0.2) is 0 Å². The van der Waals surface area contributed by atoms with Crippen molar-refractivity contribution in [3.63, 3.8) is 0 Å². The van der Waals surface area contributed by atoms with Gasteiger partial charge < -0.3 is 10.1 Å². The van der Waals surface area contributed by atoms with Crippen LogP contribution < -0.4 is 5.32 Å². The summed E-state index contributed by atoms with van der Waals surface area (Å²) in [4.78, 5) is 0. The zero-order valence-corrected chi connectivity index (χ0v) is 11.4. The molecule has 1 N–H and O–H groups in total. The molecule has 2 aromatic rings. The summed E-state index contributed by atoms with van der Waals surface area (Å²) >= 11 is 0. The molecule has 0 aromatic heterocycles. The predicted octanol–water partition coefficient (Wildman–Crippen LogP) is 3.62. The molecule has 1 saturated heterocycles. The zero-order valence-electron chi connectivity index (χ0n) is 11.4. The van der Waals surface area contributed by atoms with Crippen LogP contribution in [0.5, 0.6) is 0 Å². The number of hydrogen-bond acceptors (Lipinski definition) is 2. The van der Waals surface area contributed by atoms with Gasteiger partial charge in [-0.15, -0.1) is 0 Å². The summed E-state index contributed by atoms with van der Waals surface area (Å²) in [5, 5.41) is 3.45. The first-order valence-electron chi connectivity index (χ1n) is 6.93. The van der Waals surface area contributed by atoms with Crippen molar-refractivity contribution in [2.75, 3.05) is 6.54 Å². The molecule has 1 aliphatic heterocycles. The van der Waals surface area contributed by atoms with Gasteiger partial charge in [0.25, 0.3) is 0 Å². The average molecular weight is 271 g/mol. The fourth-order valence-electron chi connectivity index (χ4n) is 2.66. The van der Waals surface area contributed by atoms with Crippen LogP contribution in [0.3, 0.4) is 0 Å². The van der Waals surface area contributed by atoms with Crippen molar-refractivity contribution in [1.82, 2.24) is 5.32 Å². The molecule has 1 heterocycles. The summed E-state index contributed by atoms with van der Waals surface area (Å²) in [6.07, 6.45) is -0.134. The summed E-state index contributed by atoms with van der Waals surface area (Å²) in [6, 6.07) is 16.9. The van der Waals surface area contributed by atoms with Crippen molar-refractivity contribution in [2.24, 2.45) is 0 Å². The third kappa shape index (κ3) is 2.74. The van der Waals surface area contributed by atoms with Crippen LogP contribution in [-0.2, 0) is 4.74 Å². The Bertz CT molecular complexity index is 572. The fraction of sp³-hybridized carbons (Fsp3) is 0.294. The van der Waals surface area contributed by atoms with E-state index < -0.39 is 0 Å². The molecule has 0 amide bonds. The van der Waals surface area contributed by atoms with Crippen LogP contribution in [-0.4, -0.2) is 12.6 Å². The monoisotopic (exact) mass is 271 g/mol. The van der Waals surface area contributed by atoms with Crippen molar-refractivity contribution >= 4 is 0 Å². The molecule has 0 spiro atoms. The second-order valence-corrected chi connectivity index (χ2v) is 5.21. The van der Waals surface area contributed by atoms with Gasteiger partial charge in [-0.2, -0.15) is 0 Å². The summed E-state index contributed by atoms with van der Waals surface area (Å²) in [5.74, 6) is -0.222. The van der Waals surface area contributed by atoms with Crippen LogP contribution in [0.4, 0.5) is 4.39 Å². The van der Waals surface area contributed by atoms with Crippen molar-refractivity contribution in [3.05, 3.63) is 71.5 Å². The topological polar surface area (TPSA) is 21.3 Å². The molecular weight excluding hydrogens is 253 g/mol. The zero-order chi connectivity index (χ0) is 13.9. The molecule has 2 aromatic carbocycles. The van der Waals surface area contributed by atoms with Gasteiger partial charge in [0.1, 0.15) is 5.82 Å². The van der Waals surface area contributed by atoms with Gasteiger partial charge >= 0.3 is 0 Å². The molecule has 2 nitrogen and oxygen atoms in total. The Labute approximate surface area is 118 Å². The van der Waals surface area contributed by atoms with Gasteiger partial charge in [-0.05, 0) is 30.2 Å². The Morgan fingerprint density at radius 2 is 1.80 bits per heavy atom. The molecule has 0 aliphatic carbocycles. The van der Waals surface area contributed by atoms with Crippen molar-refractivity contribution in [2.45, 2.75) is 25.2 Å². The average Bonchev–Trinajstić information content (AvgIpc) is 2.48. The molecule has 104 valence electrons. The number of morpholine rings is 1. The quantitative estimate of drug-likeness (QED) is 0.900. The normalized spacial score (nSPS) is 26.4. The molecule has 1 fully saturated rings. The number of nitrogens with one attached hydrogen (secondary N) is 1. The van der Waals surface area contributed by atoms with Gasteiger partial charge in [0.2, 0.25) is 0 Å². The Morgan fingerprint density at radius 3 is 2.55 bits per heavy atom. The molecule has 3 unspecified atom stereocenters. The smallest absolute Gasteiger partial charge is 0.123 e. The Morgan fingerprint density at radius 1 is 1.05 bits per heavy atom.